The quantitative estimate of drug-likeness (QED) is 0.874. The van der Waals surface area contributed by atoms with Gasteiger partial charge in [0, 0.05) is 5.25 Å². The smallest absolute Gasteiger partial charge is 0.305 e. The first kappa shape index (κ1) is 11.7. The summed E-state index contributed by atoms with van der Waals surface area (Å²) in [5, 5.41) is 1.77. The molecule has 2 bridgehead atoms. The zero-order valence-corrected chi connectivity index (χ0v) is 12.5. The molecule has 2 saturated carbocycles. The van der Waals surface area contributed by atoms with Gasteiger partial charge in [0.2, 0.25) is 0 Å². The van der Waals surface area contributed by atoms with Crippen molar-refractivity contribution in [2.45, 2.75) is 35.5 Å². The Hall–Kier alpha value is -0.940. The summed E-state index contributed by atoms with van der Waals surface area (Å²) in [4.78, 5) is 16.1. The van der Waals surface area contributed by atoms with Crippen LogP contribution >= 0.6 is 23.1 Å². The first-order valence-corrected chi connectivity index (χ1v) is 8.94. The van der Waals surface area contributed by atoms with Gasteiger partial charge in [-0.05, 0) is 49.1 Å². The van der Waals surface area contributed by atoms with Crippen LogP contribution in [0.2, 0.25) is 0 Å². The molecule has 2 aliphatic carbocycles. The minimum atomic E-state index is 0.0753. The fraction of sp³-hybridized carbons (Fsp3) is 0.533. The number of rotatable bonds is 1. The average molecular weight is 305 g/mol. The van der Waals surface area contributed by atoms with Crippen LogP contribution in [0.3, 0.4) is 0 Å². The van der Waals surface area contributed by atoms with Crippen molar-refractivity contribution in [2.75, 3.05) is 0 Å². The summed E-state index contributed by atoms with van der Waals surface area (Å²) in [5.74, 6) is 3.65. The van der Waals surface area contributed by atoms with Crippen molar-refractivity contribution in [3.8, 4) is 0 Å². The lowest BCUT2D eigenvalue weighted by Gasteiger charge is -2.38. The third kappa shape index (κ3) is 1.45. The van der Waals surface area contributed by atoms with E-state index >= 15 is 0 Å². The number of aromatic amines is 1. The lowest BCUT2D eigenvalue weighted by molar-refractivity contribution is 0.283. The molecule has 0 spiro atoms. The Morgan fingerprint density at radius 3 is 3.05 bits per heavy atom. The van der Waals surface area contributed by atoms with Gasteiger partial charge in [0.25, 0.3) is 0 Å². The summed E-state index contributed by atoms with van der Waals surface area (Å²) >= 11 is 3.31. The Kier molecular flexibility index (Phi) is 2.36. The molecule has 3 nitrogen and oxygen atoms in total. The van der Waals surface area contributed by atoms with Crippen molar-refractivity contribution in [3.05, 3.63) is 38.7 Å². The summed E-state index contributed by atoms with van der Waals surface area (Å²) < 4.78 is 5.74. The van der Waals surface area contributed by atoms with Crippen LogP contribution in [-0.2, 0) is 0 Å². The lowest BCUT2D eigenvalue weighted by atomic mass is 9.77. The first-order valence-electron chi connectivity index (χ1n) is 7.24. The molecule has 5 rings (SSSR count). The van der Waals surface area contributed by atoms with Gasteiger partial charge in [-0.15, -0.1) is 11.8 Å². The Morgan fingerprint density at radius 1 is 1.30 bits per heavy atom. The Morgan fingerprint density at radius 2 is 2.20 bits per heavy atom. The largest absolute Gasteiger partial charge is 0.469 e. The van der Waals surface area contributed by atoms with Crippen molar-refractivity contribution < 1.29 is 4.42 Å². The number of aromatic nitrogens is 1. The van der Waals surface area contributed by atoms with E-state index in [0.717, 1.165) is 22.6 Å². The highest BCUT2D eigenvalue weighted by molar-refractivity contribution is 8.00. The van der Waals surface area contributed by atoms with Crippen LogP contribution < -0.4 is 4.87 Å². The number of hydrogen-bond donors (Lipinski definition) is 1. The first-order chi connectivity index (χ1) is 9.81. The normalized spacial score (nSPS) is 37.9. The summed E-state index contributed by atoms with van der Waals surface area (Å²) in [6.07, 6.45) is 5.86. The van der Waals surface area contributed by atoms with Crippen LogP contribution in [0.5, 0.6) is 0 Å². The molecule has 5 heteroatoms. The highest BCUT2D eigenvalue weighted by atomic mass is 32.2. The maximum atomic E-state index is 11.8. The Bertz CT molecular complexity index is 702. The summed E-state index contributed by atoms with van der Waals surface area (Å²) in [7, 11) is 0. The van der Waals surface area contributed by atoms with Crippen LogP contribution in [0.15, 0.2) is 32.6 Å². The molecular weight excluding hydrogens is 290 g/mol. The molecule has 3 aliphatic rings. The summed E-state index contributed by atoms with van der Waals surface area (Å²) in [6.45, 7) is 0. The lowest BCUT2D eigenvalue weighted by Crippen LogP contribution is -2.33. The molecule has 3 heterocycles. The van der Waals surface area contributed by atoms with Crippen LogP contribution in [0.4, 0.5) is 0 Å². The van der Waals surface area contributed by atoms with Gasteiger partial charge in [0.15, 0.2) is 0 Å². The molecule has 2 aromatic rings. The highest BCUT2D eigenvalue weighted by Crippen LogP contribution is 2.63. The molecule has 2 fully saturated rings. The van der Waals surface area contributed by atoms with E-state index in [-0.39, 0.29) is 4.87 Å². The molecule has 0 radical (unpaired) electrons. The SMILES string of the molecule is O=c1[nH]c2c(s1)[C@H](c1ccco1)[C@@H]1[C@H]3CC[C@@H](C3)[C@H]1S2. The number of nitrogens with one attached hydrogen (secondary N) is 1. The monoisotopic (exact) mass is 305 g/mol. The highest BCUT2D eigenvalue weighted by Gasteiger charge is 2.55. The van der Waals surface area contributed by atoms with Gasteiger partial charge in [-0.25, -0.2) is 0 Å². The van der Waals surface area contributed by atoms with Gasteiger partial charge >= 0.3 is 4.87 Å². The van der Waals surface area contributed by atoms with Gasteiger partial charge in [-0.2, -0.15) is 0 Å². The predicted octanol–water partition coefficient (Wildman–Crippen LogP) is 3.68. The van der Waals surface area contributed by atoms with E-state index in [4.69, 9.17) is 4.42 Å². The number of furan rings is 1. The second-order valence-electron chi connectivity index (χ2n) is 6.19. The molecule has 0 saturated heterocycles. The topological polar surface area (TPSA) is 46.0 Å². The van der Waals surface area contributed by atoms with E-state index in [2.05, 4.69) is 11.1 Å². The third-order valence-corrected chi connectivity index (χ3v) is 7.94. The molecule has 1 aliphatic heterocycles. The maximum Gasteiger partial charge on any atom is 0.305 e. The molecule has 2 aromatic heterocycles. The van der Waals surface area contributed by atoms with Crippen molar-refractivity contribution in [1.29, 1.82) is 0 Å². The van der Waals surface area contributed by atoms with Crippen LogP contribution in [-0.4, -0.2) is 10.2 Å². The van der Waals surface area contributed by atoms with Crippen molar-refractivity contribution >= 4 is 23.1 Å². The fourth-order valence-electron chi connectivity index (χ4n) is 4.64. The molecule has 0 amide bonds. The van der Waals surface area contributed by atoms with Gasteiger partial charge < -0.3 is 9.40 Å². The van der Waals surface area contributed by atoms with Crippen molar-refractivity contribution in [3.63, 3.8) is 0 Å². The van der Waals surface area contributed by atoms with E-state index in [9.17, 15) is 4.79 Å². The molecule has 104 valence electrons. The minimum Gasteiger partial charge on any atom is -0.469 e. The minimum absolute atomic E-state index is 0.0753. The predicted molar refractivity (Wildman–Crippen MR) is 79.5 cm³/mol. The molecule has 20 heavy (non-hydrogen) atoms. The number of hydrogen-bond acceptors (Lipinski definition) is 4. The van der Waals surface area contributed by atoms with E-state index in [1.54, 1.807) is 6.26 Å². The van der Waals surface area contributed by atoms with Crippen molar-refractivity contribution in [1.82, 2.24) is 4.98 Å². The van der Waals surface area contributed by atoms with Gasteiger partial charge in [0.05, 0.1) is 22.1 Å². The zero-order chi connectivity index (χ0) is 13.3. The zero-order valence-electron chi connectivity index (χ0n) is 10.9. The number of H-pyrrole nitrogens is 1. The van der Waals surface area contributed by atoms with E-state index in [1.165, 1.54) is 35.5 Å². The van der Waals surface area contributed by atoms with E-state index in [1.807, 2.05) is 17.8 Å². The molecule has 5 atom stereocenters. The van der Waals surface area contributed by atoms with Crippen LogP contribution in [0.1, 0.15) is 35.8 Å². The number of fused-ring (bicyclic) bond motifs is 6. The standard InChI is InChI=1S/C15H15NO2S2/c17-15-16-14-13(20-15)11(9-2-1-5-18-9)10-7-3-4-8(6-7)12(10)19-14/h1-2,5,7-8,10-12H,3-4,6H2,(H,16,17)/t7-,8-,10-,11+,12+/m0/s1. The van der Waals surface area contributed by atoms with E-state index < -0.39 is 0 Å². The fourth-order valence-corrected chi connectivity index (χ4v) is 7.51. The molecule has 1 N–H and O–H groups in total. The van der Waals surface area contributed by atoms with Crippen LogP contribution in [0.25, 0.3) is 0 Å². The number of thiazole rings is 1. The van der Waals surface area contributed by atoms with Gasteiger partial charge in [-0.3, -0.25) is 4.79 Å². The van der Waals surface area contributed by atoms with E-state index in [0.29, 0.717) is 17.1 Å². The Balaban J connectivity index is 1.71. The van der Waals surface area contributed by atoms with Crippen molar-refractivity contribution in [2.24, 2.45) is 17.8 Å². The third-order valence-electron chi connectivity index (χ3n) is 5.32. The number of thioether (sulfide) groups is 1. The average Bonchev–Trinajstić information content (AvgIpc) is 3.19. The molecule has 0 aromatic carbocycles. The van der Waals surface area contributed by atoms with Gasteiger partial charge in [-0.1, -0.05) is 11.3 Å². The molecule has 0 unspecified atom stereocenters. The second kappa shape index (κ2) is 4.04. The second-order valence-corrected chi connectivity index (χ2v) is 8.40. The summed E-state index contributed by atoms with van der Waals surface area (Å²) in [6, 6.07) is 4.05. The Labute approximate surface area is 124 Å². The van der Waals surface area contributed by atoms with Crippen LogP contribution in [0, 0.1) is 17.8 Å². The summed E-state index contributed by atoms with van der Waals surface area (Å²) in [5.41, 5.74) is 0. The maximum absolute atomic E-state index is 11.8. The van der Waals surface area contributed by atoms with Gasteiger partial charge in [0.1, 0.15) is 5.76 Å². The molecular formula is C15H15NO2S2.